The first-order chi connectivity index (χ1) is 19.7. The van der Waals surface area contributed by atoms with Gasteiger partial charge in [-0.2, -0.15) is 0 Å². The third kappa shape index (κ3) is 8.67. The third-order valence-electron chi connectivity index (χ3n) is 6.41. The molecular formula is C29H32Cl2N4O6S. The number of hydrogen-bond donors (Lipinski definition) is 1. The number of anilines is 1. The van der Waals surface area contributed by atoms with E-state index in [1.54, 1.807) is 32.9 Å². The fourth-order valence-corrected chi connectivity index (χ4v) is 5.71. The van der Waals surface area contributed by atoms with Gasteiger partial charge >= 0.3 is 0 Å². The molecule has 2 amide bonds. The van der Waals surface area contributed by atoms with Crippen LogP contribution in [0.1, 0.15) is 30.5 Å². The number of hydrogen-bond acceptors (Lipinski definition) is 6. The number of carbonyl (C=O) groups excluding carboxylic acids is 2. The summed E-state index contributed by atoms with van der Waals surface area (Å²) >= 11 is 12.5. The lowest BCUT2D eigenvalue weighted by Gasteiger charge is -2.34. The molecule has 1 N–H and O–H groups in total. The van der Waals surface area contributed by atoms with Crippen LogP contribution in [-0.4, -0.2) is 54.9 Å². The van der Waals surface area contributed by atoms with Gasteiger partial charge in [-0.1, -0.05) is 65.7 Å². The first kappa shape index (κ1) is 32.8. The van der Waals surface area contributed by atoms with E-state index in [9.17, 15) is 28.1 Å². The molecule has 0 bridgehead atoms. The lowest BCUT2D eigenvalue weighted by atomic mass is 10.0. The predicted molar refractivity (Wildman–Crippen MR) is 164 cm³/mol. The Bertz CT molecular complexity index is 1570. The smallest absolute Gasteiger partial charge is 0.271 e. The summed E-state index contributed by atoms with van der Waals surface area (Å²) in [5.74, 6) is -1.15. The number of nitrogens with one attached hydrogen (secondary N) is 1. The summed E-state index contributed by atoms with van der Waals surface area (Å²) in [6, 6.07) is 16.3. The van der Waals surface area contributed by atoms with Gasteiger partial charge in [-0.25, -0.2) is 8.42 Å². The van der Waals surface area contributed by atoms with Crippen LogP contribution < -0.4 is 9.62 Å². The van der Waals surface area contributed by atoms with Gasteiger partial charge in [0.1, 0.15) is 12.6 Å². The molecule has 13 heteroatoms. The number of nitro benzene ring substituents is 1. The van der Waals surface area contributed by atoms with Crippen LogP contribution in [0.4, 0.5) is 11.4 Å². The molecule has 0 aromatic heterocycles. The van der Waals surface area contributed by atoms with Crippen molar-refractivity contribution in [3.8, 4) is 0 Å². The van der Waals surface area contributed by atoms with Gasteiger partial charge in [0.05, 0.1) is 16.9 Å². The Kier molecular flexibility index (Phi) is 10.9. The first-order valence-corrected chi connectivity index (χ1v) is 15.6. The fourth-order valence-electron chi connectivity index (χ4n) is 4.34. The zero-order chi connectivity index (χ0) is 31.2. The largest absolute Gasteiger partial charge is 0.352 e. The van der Waals surface area contributed by atoms with E-state index in [0.717, 1.165) is 22.2 Å². The summed E-state index contributed by atoms with van der Waals surface area (Å²) < 4.78 is 26.8. The molecule has 10 nitrogen and oxygen atoms in total. The van der Waals surface area contributed by atoms with Gasteiger partial charge < -0.3 is 10.2 Å². The highest BCUT2D eigenvalue weighted by molar-refractivity contribution is 7.92. The van der Waals surface area contributed by atoms with Crippen molar-refractivity contribution in [2.75, 3.05) is 17.1 Å². The van der Waals surface area contributed by atoms with Crippen LogP contribution in [0, 0.1) is 17.0 Å². The minimum Gasteiger partial charge on any atom is -0.352 e. The predicted octanol–water partition coefficient (Wildman–Crippen LogP) is 5.14. The third-order valence-corrected chi connectivity index (χ3v) is 8.12. The summed E-state index contributed by atoms with van der Waals surface area (Å²) in [6.45, 7) is 4.31. The van der Waals surface area contributed by atoms with E-state index in [4.69, 9.17) is 23.2 Å². The Balaban J connectivity index is 2.13. The Morgan fingerprint density at radius 2 is 1.69 bits per heavy atom. The second kappa shape index (κ2) is 14.0. The topological polar surface area (TPSA) is 130 Å². The maximum atomic E-state index is 14.1. The summed E-state index contributed by atoms with van der Waals surface area (Å²) in [6.07, 6.45) is 1.04. The van der Waals surface area contributed by atoms with Crippen molar-refractivity contribution >= 4 is 56.4 Å². The normalized spacial score (nSPS) is 12.1. The molecule has 0 fully saturated rings. The number of nitro groups is 1. The van der Waals surface area contributed by atoms with Gasteiger partial charge in [0, 0.05) is 41.2 Å². The van der Waals surface area contributed by atoms with Gasteiger partial charge in [0.2, 0.25) is 21.8 Å². The summed E-state index contributed by atoms with van der Waals surface area (Å²) in [4.78, 5) is 39.8. The monoisotopic (exact) mass is 634 g/mol. The molecule has 3 aromatic rings. The number of halogens is 2. The molecule has 0 radical (unpaired) electrons. The van der Waals surface area contributed by atoms with Gasteiger partial charge in [-0.05, 0) is 49.6 Å². The van der Waals surface area contributed by atoms with Crippen molar-refractivity contribution in [1.82, 2.24) is 10.2 Å². The van der Waals surface area contributed by atoms with Crippen molar-refractivity contribution in [1.29, 1.82) is 0 Å². The first-order valence-electron chi connectivity index (χ1n) is 13.0. The van der Waals surface area contributed by atoms with E-state index < -0.39 is 39.3 Å². The molecule has 0 aliphatic heterocycles. The van der Waals surface area contributed by atoms with Crippen LogP contribution in [0.5, 0.6) is 0 Å². The summed E-state index contributed by atoms with van der Waals surface area (Å²) in [7, 11) is -4.10. The number of non-ortho nitro benzene ring substituents is 1. The summed E-state index contributed by atoms with van der Waals surface area (Å²) in [5, 5.41) is 14.9. The number of nitrogens with zero attached hydrogens (tertiary/aromatic N) is 3. The van der Waals surface area contributed by atoms with Crippen molar-refractivity contribution in [3.63, 3.8) is 0 Å². The van der Waals surface area contributed by atoms with Crippen molar-refractivity contribution in [2.45, 2.75) is 45.8 Å². The van der Waals surface area contributed by atoms with Gasteiger partial charge in [-0.15, -0.1) is 0 Å². The van der Waals surface area contributed by atoms with E-state index in [0.29, 0.717) is 16.1 Å². The molecule has 1 atom stereocenters. The van der Waals surface area contributed by atoms with E-state index >= 15 is 0 Å². The SMILES string of the molecule is Cc1ccc([N+](=O)[O-])cc1N(CC(=O)N(Cc1ccc(Cl)cc1Cl)C(Cc1ccccc1)C(=O)NC(C)C)S(C)(=O)=O. The molecule has 3 aromatic carbocycles. The molecule has 0 spiro atoms. The molecular weight excluding hydrogens is 603 g/mol. The van der Waals surface area contributed by atoms with Crippen LogP contribution in [0.25, 0.3) is 0 Å². The quantitative estimate of drug-likeness (QED) is 0.217. The maximum absolute atomic E-state index is 14.1. The standard InChI is InChI=1S/C29H32Cl2N4O6S/c1-19(2)32-29(37)27(14-21-8-6-5-7-9-21)33(17-22-11-12-23(30)15-25(22)31)28(36)18-34(42(4,40)41)26-16-24(35(38)39)13-10-20(26)3/h5-13,15-16,19,27H,14,17-18H2,1-4H3,(H,32,37). The van der Waals surface area contributed by atoms with Crippen LogP contribution in [0.15, 0.2) is 66.7 Å². The van der Waals surface area contributed by atoms with Gasteiger partial charge in [0.15, 0.2) is 0 Å². The number of carbonyl (C=O) groups is 2. The molecule has 0 aliphatic carbocycles. The van der Waals surface area contributed by atoms with Crippen LogP contribution in [-0.2, 0) is 32.6 Å². The fraction of sp³-hybridized carbons (Fsp3) is 0.310. The zero-order valence-electron chi connectivity index (χ0n) is 23.6. The maximum Gasteiger partial charge on any atom is 0.271 e. The van der Waals surface area contributed by atoms with Crippen LogP contribution in [0.2, 0.25) is 10.0 Å². The second-order valence-electron chi connectivity index (χ2n) is 10.1. The molecule has 0 saturated carbocycles. The second-order valence-corrected chi connectivity index (χ2v) is 12.9. The summed E-state index contributed by atoms with van der Waals surface area (Å²) in [5.41, 5.74) is 1.32. The van der Waals surface area contributed by atoms with E-state index in [2.05, 4.69) is 5.32 Å². The van der Waals surface area contributed by atoms with Crippen molar-refractivity contribution in [3.05, 3.63) is 104 Å². The van der Waals surface area contributed by atoms with E-state index in [1.165, 1.54) is 23.1 Å². The number of amides is 2. The highest BCUT2D eigenvalue weighted by Crippen LogP contribution is 2.29. The Morgan fingerprint density at radius 3 is 2.26 bits per heavy atom. The van der Waals surface area contributed by atoms with Crippen molar-refractivity contribution < 1.29 is 22.9 Å². The molecule has 1 unspecified atom stereocenters. The number of sulfonamides is 1. The minimum atomic E-state index is -4.10. The lowest BCUT2D eigenvalue weighted by Crippen LogP contribution is -2.54. The zero-order valence-corrected chi connectivity index (χ0v) is 25.9. The Labute approximate surface area is 255 Å². The average molecular weight is 636 g/mol. The number of rotatable bonds is 12. The van der Waals surface area contributed by atoms with Crippen LogP contribution in [0.3, 0.4) is 0 Å². The molecule has 0 saturated heterocycles. The highest BCUT2D eigenvalue weighted by atomic mass is 35.5. The highest BCUT2D eigenvalue weighted by Gasteiger charge is 2.34. The Morgan fingerprint density at radius 1 is 1.02 bits per heavy atom. The molecule has 224 valence electrons. The molecule has 0 heterocycles. The molecule has 0 aliphatic rings. The van der Waals surface area contributed by atoms with Crippen molar-refractivity contribution in [2.24, 2.45) is 0 Å². The number of benzene rings is 3. The van der Waals surface area contributed by atoms with Gasteiger partial charge in [0.25, 0.3) is 5.69 Å². The van der Waals surface area contributed by atoms with Gasteiger partial charge in [-0.3, -0.25) is 24.0 Å². The van der Waals surface area contributed by atoms with E-state index in [-0.39, 0.29) is 35.4 Å². The minimum absolute atomic E-state index is 0.0178. The average Bonchev–Trinajstić information content (AvgIpc) is 2.90. The van der Waals surface area contributed by atoms with Crippen LogP contribution >= 0.6 is 23.2 Å². The van der Waals surface area contributed by atoms with E-state index in [1.807, 2.05) is 30.3 Å². The molecule has 42 heavy (non-hydrogen) atoms. The molecule has 3 rings (SSSR count). The Hall–Kier alpha value is -3.67. The number of aryl methyl sites for hydroxylation is 1. The lowest BCUT2D eigenvalue weighted by molar-refractivity contribution is -0.384.